The maximum absolute atomic E-state index is 12.6. The first kappa shape index (κ1) is 19.8. The van der Waals surface area contributed by atoms with Crippen LogP contribution in [0.4, 0.5) is 5.69 Å². The highest BCUT2D eigenvalue weighted by Crippen LogP contribution is 2.46. The summed E-state index contributed by atoms with van der Waals surface area (Å²) in [5.74, 6) is 0.782. The number of fused-ring (bicyclic) bond motifs is 1. The Hall–Kier alpha value is -2.45. The van der Waals surface area contributed by atoms with Crippen molar-refractivity contribution in [2.24, 2.45) is 0 Å². The minimum Gasteiger partial charge on any atom is -0.416 e. The molecule has 3 aromatic rings. The molecule has 0 bridgehead atoms. The maximum Gasteiger partial charge on any atom is 0.277 e. The molecule has 2 aromatic heterocycles. The topological polar surface area (TPSA) is 72.1 Å². The van der Waals surface area contributed by atoms with E-state index < -0.39 is 0 Å². The second-order valence-corrected chi connectivity index (χ2v) is 9.47. The van der Waals surface area contributed by atoms with Gasteiger partial charge in [0.1, 0.15) is 0 Å². The number of carbonyl (C=O) groups excluding carboxylic acids is 1. The third kappa shape index (κ3) is 4.00. The highest BCUT2D eigenvalue weighted by Gasteiger charge is 2.38. The van der Waals surface area contributed by atoms with Crippen LogP contribution in [0.25, 0.3) is 0 Å². The van der Waals surface area contributed by atoms with Gasteiger partial charge in [-0.2, -0.15) is 0 Å². The largest absolute Gasteiger partial charge is 0.416 e. The standard InChI is InChI=1S/C21H22N4O2S2/c1-13-22-14(11-28-13)9-19-23-24-20(27-19)29-12-15(26)10-18-21(2,3)16-7-5-6-8-17(16)25(18)4/h5-8,10-11H,9,12H2,1-4H3/b18-10+. The Morgan fingerprint density at radius 1 is 1.31 bits per heavy atom. The first-order valence-corrected chi connectivity index (χ1v) is 11.2. The maximum atomic E-state index is 12.6. The van der Waals surface area contributed by atoms with Crippen LogP contribution in [0.3, 0.4) is 0 Å². The van der Waals surface area contributed by atoms with E-state index in [0.717, 1.165) is 22.1 Å². The van der Waals surface area contributed by atoms with Gasteiger partial charge in [0.05, 0.1) is 22.9 Å². The number of ketones is 1. The lowest BCUT2D eigenvalue weighted by Gasteiger charge is -2.23. The van der Waals surface area contributed by atoms with Crippen molar-refractivity contribution in [2.75, 3.05) is 17.7 Å². The second-order valence-electron chi connectivity index (χ2n) is 7.48. The molecule has 0 spiro atoms. The van der Waals surface area contributed by atoms with Crippen molar-refractivity contribution in [2.45, 2.75) is 37.8 Å². The minimum atomic E-state index is -0.213. The van der Waals surface area contributed by atoms with Gasteiger partial charge >= 0.3 is 0 Å². The zero-order chi connectivity index (χ0) is 20.6. The van der Waals surface area contributed by atoms with Crippen molar-refractivity contribution in [3.8, 4) is 0 Å². The van der Waals surface area contributed by atoms with Gasteiger partial charge in [-0.25, -0.2) is 4.98 Å². The molecule has 0 saturated carbocycles. The van der Waals surface area contributed by atoms with Crippen molar-refractivity contribution in [1.82, 2.24) is 15.2 Å². The molecule has 3 heterocycles. The summed E-state index contributed by atoms with van der Waals surface area (Å²) < 4.78 is 5.65. The number of thioether (sulfide) groups is 1. The lowest BCUT2D eigenvalue weighted by atomic mass is 9.83. The molecule has 8 heteroatoms. The van der Waals surface area contributed by atoms with E-state index in [4.69, 9.17) is 4.42 Å². The van der Waals surface area contributed by atoms with Crippen LogP contribution in [0.5, 0.6) is 0 Å². The predicted octanol–water partition coefficient (Wildman–Crippen LogP) is 4.40. The fraction of sp³-hybridized carbons (Fsp3) is 0.333. The number of allylic oxidation sites excluding steroid dienone is 2. The molecular weight excluding hydrogens is 404 g/mol. The Kier molecular flexibility index (Phi) is 5.31. The first-order valence-electron chi connectivity index (χ1n) is 9.29. The van der Waals surface area contributed by atoms with Gasteiger partial charge in [-0.05, 0) is 18.6 Å². The summed E-state index contributed by atoms with van der Waals surface area (Å²) in [6.07, 6.45) is 2.25. The normalized spacial score (nSPS) is 16.4. The van der Waals surface area contributed by atoms with Gasteiger partial charge in [-0.1, -0.05) is 43.8 Å². The van der Waals surface area contributed by atoms with E-state index >= 15 is 0 Å². The van der Waals surface area contributed by atoms with Crippen molar-refractivity contribution >= 4 is 34.6 Å². The molecular formula is C21H22N4O2S2. The van der Waals surface area contributed by atoms with E-state index in [1.165, 1.54) is 17.3 Å². The number of carbonyl (C=O) groups is 1. The van der Waals surface area contributed by atoms with Crippen LogP contribution in [0, 0.1) is 6.92 Å². The lowest BCUT2D eigenvalue weighted by molar-refractivity contribution is -0.112. The Labute approximate surface area is 178 Å². The molecule has 0 unspecified atom stereocenters. The average Bonchev–Trinajstić information content (AvgIpc) is 3.36. The zero-order valence-corrected chi connectivity index (χ0v) is 18.4. The molecule has 0 aliphatic carbocycles. The SMILES string of the molecule is Cc1nc(Cc2nnc(SCC(=O)/C=C3/N(C)c4ccccc4C3(C)C)o2)cs1. The van der Waals surface area contributed by atoms with Crippen LogP contribution in [0.15, 0.2) is 51.1 Å². The lowest BCUT2D eigenvalue weighted by Crippen LogP contribution is -2.24. The van der Waals surface area contributed by atoms with E-state index in [9.17, 15) is 4.79 Å². The Morgan fingerprint density at radius 3 is 2.83 bits per heavy atom. The molecule has 4 rings (SSSR count). The smallest absolute Gasteiger partial charge is 0.277 e. The second kappa shape index (κ2) is 7.76. The van der Waals surface area contributed by atoms with E-state index in [1.54, 1.807) is 17.4 Å². The van der Waals surface area contributed by atoms with Crippen LogP contribution in [-0.2, 0) is 16.6 Å². The number of nitrogens with zero attached hydrogens (tertiary/aromatic N) is 4. The van der Waals surface area contributed by atoms with Crippen LogP contribution in [-0.4, -0.2) is 33.8 Å². The Morgan fingerprint density at radius 2 is 2.10 bits per heavy atom. The minimum absolute atomic E-state index is 0.0209. The molecule has 1 aromatic carbocycles. The highest BCUT2D eigenvalue weighted by atomic mass is 32.2. The van der Waals surface area contributed by atoms with Crippen LogP contribution < -0.4 is 4.90 Å². The third-order valence-electron chi connectivity index (χ3n) is 5.02. The van der Waals surface area contributed by atoms with E-state index in [0.29, 0.717) is 17.5 Å². The number of rotatable bonds is 6. The molecule has 0 fully saturated rings. The summed E-state index contributed by atoms with van der Waals surface area (Å²) in [5, 5.41) is 11.5. The van der Waals surface area contributed by atoms with Crippen LogP contribution >= 0.6 is 23.1 Å². The molecule has 0 atom stereocenters. The van der Waals surface area contributed by atoms with Crippen molar-refractivity contribution in [3.63, 3.8) is 0 Å². The van der Waals surface area contributed by atoms with Gasteiger partial charge in [-0.15, -0.1) is 21.5 Å². The van der Waals surface area contributed by atoms with Gasteiger partial charge < -0.3 is 9.32 Å². The average molecular weight is 427 g/mol. The number of thiazole rings is 1. The highest BCUT2D eigenvalue weighted by molar-refractivity contribution is 7.99. The molecule has 150 valence electrons. The zero-order valence-electron chi connectivity index (χ0n) is 16.8. The van der Waals surface area contributed by atoms with Gasteiger partial charge in [0.15, 0.2) is 5.78 Å². The summed E-state index contributed by atoms with van der Waals surface area (Å²) in [6.45, 7) is 6.25. The first-order chi connectivity index (χ1) is 13.8. The quantitative estimate of drug-likeness (QED) is 0.427. The summed E-state index contributed by atoms with van der Waals surface area (Å²) in [4.78, 5) is 19.1. The number of benzene rings is 1. The van der Waals surface area contributed by atoms with Crippen LogP contribution in [0.2, 0.25) is 0 Å². The van der Waals surface area contributed by atoms with Gasteiger partial charge in [0.25, 0.3) is 5.22 Å². The van der Waals surface area contributed by atoms with E-state index in [2.05, 4.69) is 46.1 Å². The molecule has 0 N–H and O–H groups in total. The monoisotopic (exact) mass is 426 g/mol. The number of hydrogen-bond donors (Lipinski definition) is 0. The summed E-state index contributed by atoms with van der Waals surface area (Å²) in [6, 6.07) is 8.26. The van der Waals surface area contributed by atoms with Crippen LogP contribution in [0.1, 0.15) is 36.0 Å². The Bertz CT molecular complexity index is 1080. The van der Waals surface area contributed by atoms with E-state index in [-0.39, 0.29) is 17.0 Å². The van der Waals surface area contributed by atoms with Gasteiger partial charge in [-0.3, -0.25) is 4.79 Å². The number of aromatic nitrogens is 3. The summed E-state index contributed by atoms with van der Waals surface area (Å²) in [7, 11) is 2.00. The molecule has 1 aliphatic rings. The number of anilines is 1. The third-order valence-corrected chi connectivity index (χ3v) is 6.69. The molecule has 0 amide bonds. The number of para-hydroxylation sites is 1. The number of likely N-dealkylation sites (N-methyl/N-ethyl adjacent to an activating group) is 1. The molecule has 0 radical (unpaired) electrons. The molecule has 29 heavy (non-hydrogen) atoms. The fourth-order valence-electron chi connectivity index (χ4n) is 3.60. The summed E-state index contributed by atoms with van der Waals surface area (Å²) in [5.41, 5.74) is 4.07. The van der Waals surface area contributed by atoms with Gasteiger partial charge in [0, 0.05) is 35.3 Å². The molecule has 1 aliphatic heterocycles. The van der Waals surface area contributed by atoms with Crippen molar-refractivity contribution < 1.29 is 9.21 Å². The molecule has 6 nitrogen and oxygen atoms in total. The number of hydrogen-bond acceptors (Lipinski definition) is 8. The predicted molar refractivity (Wildman–Crippen MR) is 116 cm³/mol. The Balaban J connectivity index is 1.41. The molecule has 0 saturated heterocycles. The van der Waals surface area contributed by atoms with Gasteiger partial charge in [0.2, 0.25) is 5.89 Å². The number of aryl methyl sites for hydroxylation is 1. The van der Waals surface area contributed by atoms with Crippen molar-refractivity contribution in [1.29, 1.82) is 0 Å². The van der Waals surface area contributed by atoms with Crippen molar-refractivity contribution in [3.05, 3.63) is 63.6 Å². The fourth-order valence-corrected chi connectivity index (χ4v) is 4.81. The summed E-state index contributed by atoms with van der Waals surface area (Å²) >= 11 is 2.86. The van der Waals surface area contributed by atoms with E-state index in [1.807, 2.05) is 31.5 Å².